The van der Waals surface area contributed by atoms with Crippen molar-refractivity contribution in [3.8, 4) is 0 Å². The Hall–Kier alpha value is -0.700. The topological polar surface area (TPSA) is 41.5 Å². The van der Waals surface area contributed by atoms with Crippen molar-refractivity contribution in [2.24, 2.45) is 0 Å². The van der Waals surface area contributed by atoms with Crippen LogP contribution in [0.2, 0.25) is 0 Å². The third-order valence-corrected chi connectivity index (χ3v) is 1.17. The first-order chi connectivity index (χ1) is 4.33. The second-order valence-electron chi connectivity index (χ2n) is 2.01. The fourth-order valence-electron chi connectivity index (χ4n) is 0.747. The van der Waals surface area contributed by atoms with E-state index in [1.54, 1.807) is 6.20 Å². The summed E-state index contributed by atoms with van der Waals surface area (Å²) in [7, 11) is 0. The van der Waals surface area contributed by atoms with Gasteiger partial charge in [0.05, 0.1) is 6.61 Å². The summed E-state index contributed by atoms with van der Waals surface area (Å²) in [5.74, 6) is 0.838. The quantitative estimate of drug-likeness (QED) is 0.558. The molecule has 0 aromatic rings. The normalized spacial score (nSPS) is 24.7. The zero-order chi connectivity index (χ0) is 6.69. The lowest BCUT2D eigenvalue weighted by molar-refractivity contribution is 0.129. The molecule has 0 saturated carbocycles. The number of aliphatic hydroxyl groups excluding tert-OH is 1. The number of hydrogen-bond donors (Lipinski definition) is 2. The molecule has 1 atom stereocenters. The highest BCUT2D eigenvalue weighted by Crippen LogP contribution is 2.09. The first kappa shape index (κ1) is 6.42. The van der Waals surface area contributed by atoms with Gasteiger partial charge >= 0.3 is 0 Å². The molecule has 3 nitrogen and oxygen atoms in total. The molecule has 0 saturated heterocycles. The van der Waals surface area contributed by atoms with Crippen LogP contribution in [0, 0.1) is 0 Å². The van der Waals surface area contributed by atoms with Crippen LogP contribution in [0.5, 0.6) is 0 Å². The zero-order valence-electron chi connectivity index (χ0n) is 5.42. The molecule has 1 aliphatic heterocycles. The summed E-state index contributed by atoms with van der Waals surface area (Å²) in [4.78, 5) is 0. The molecule has 3 heteroatoms. The minimum Gasteiger partial charge on any atom is -0.474 e. The van der Waals surface area contributed by atoms with Crippen molar-refractivity contribution < 1.29 is 9.84 Å². The minimum atomic E-state index is 0.0755. The molecular formula is C6H11NO2. The summed E-state index contributed by atoms with van der Waals surface area (Å²) < 4.78 is 5.19. The Bertz CT molecular complexity index is 122. The van der Waals surface area contributed by atoms with Crippen molar-refractivity contribution in [1.82, 2.24) is 5.32 Å². The first-order valence-corrected chi connectivity index (χ1v) is 3.05. The van der Waals surface area contributed by atoms with Gasteiger partial charge in [-0.1, -0.05) is 0 Å². The molecule has 0 amide bonds. The van der Waals surface area contributed by atoms with Gasteiger partial charge in [-0.2, -0.15) is 0 Å². The Labute approximate surface area is 54.3 Å². The predicted molar refractivity (Wildman–Crippen MR) is 33.5 cm³/mol. The van der Waals surface area contributed by atoms with Gasteiger partial charge in [-0.05, 0) is 6.92 Å². The van der Waals surface area contributed by atoms with E-state index in [1.807, 2.05) is 6.92 Å². The van der Waals surface area contributed by atoms with E-state index in [2.05, 4.69) is 5.32 Å². The Morgan fingerprint density at radius 1 is 1.89 bits per heavy atom. The molecule has 0 radical (unpaired) electrons. The molecule has 0 spiro atoms. The summed E-state index contributed by atoms with van der Waals surface area (Å²) in [6, 6.07) is 0. The fourth-order valence-corrected chi connectivity index (χ4v) is 0.747. The molecule has 0 aromatic heterocycles. The standard InChI is InChI=1S/C6H11NO2/c1-5-7-4-6(9-5)2-3-8/h4-5,7-8H,2-3H2,1H3. The minimum absolute atomic E-state index is 0.0755. The van der Waals surface area contributed by atoms with Crippen molar-refractivity contribution >= 4 is 0 Å². The number of nitrogens with one attached hydrogen (secondary N) is 1. The van der Waals surface area contributed by atoms with Gasteiger partial charge in [0.2, 0.25) is 0 Å². The second kappa shape index (κ2) is 2.73. The van der Waals surface area contributed by atoms with E-state index in [4.69, 9.17) is 9.84 Å². The van der Waals surface area contributed by atoms with Gasteiger partial charge in [0, 0.05) is 12.6 Å². The molecule has 0 aliphatic carbocycles. The van der Waals surface area contributed by atoms with Crippen LogP contribution in [0.3, 0.4) is 0 Å². The van der Waals surface area contributed by atoms with Gasteiger partial charge in [0.1, 0.15) is 5.76 Å². The highest BCUT2D eigenvalue weighted by atomic mass is 16.5. The average molecular weight is 129 g/mol. The van der Waals surface area contributed by atoms with Gasteiger partial charge in [-0.15, -0.1) is 0 Å². The maximum atomic E-state index is 8.46. The summed E-state index contributed by atoms with van der Waals surface area (Å²) in [6.45, 7) is 2.07. The average Bonchev–Trinajstić information content (AvgIpc) is 2.17. The molecule has 9 heavy (non-hydrogen) atoms. The Balaban J connectivity index is 2.27. The predicted octanol–water partition coefficient (Wildman–Crippen LogP) is 0.176. The maximum Gasteiger partial charge on any atom is 0.166 e. The third kappa shape index (κ3) is 1.61. The van der Waals surface area contributed by atoms with Crippen LogP contribution in [-0.4, -0.2) is 17.9 Å². The van der Waals surface area contributed by atoms with E-state index in [0.717, 1.165) is 5.76 Å². The summed E-state index contributed by atoms with van der Waals surface area (Å²) in [5, 5.41) is 11.4. The van der Waals surface area contributed by atoms with E-state index >= 15 is 0 Å². The molecule has 2 N–H and O–H groups in total. The van der Waals surface area contributed by atoms with Crippen molar-refractivity contribution in [2.45, 2.75) is 19.6 Å². The molecule has 52 valence electrons. The molecule has 0 bridgehead atoms. The zero-order valence-corrected chi connectivity index (χ0v) is 5.42. The maximum absolute atomic E-state index is 8.46. The van der Waals surface area contributed by atoms with Crippen LogP contribution in [-0.2, 0) is 4.74 Å². The fraction of sp³-hybridized carbons (Fsp3) is 0.667. The third-order valence-electron chi connectivity index (χ3n) is 1.17. The van der Waals surface area contributed by atoms with Gasteiger partial charge in [-0.3, -0.25) is 0 Å². The van der Waals surface area contributed by atoms with E-state index in [-0.39, 0.29) is 12.8 Å². The van der Waals surface area contributed by atoms with Crippen molar-refractivity contribution in [2.75, 3.05) is 6.61 Å². The van der Waals surface area contributed by atoms with Crippen molar-refractivity contribution in [1.29, 1.82) is 0 Å². The number of ether oxygens (including phenoxy) is 1. The monoisotopic (exact) mass is 129 g/mol. The summed E-state index contributed by atoms with van der Waals surface area (Å²) in [6.07, 6.45) is 2.48. The lowest BCUT2D eigenvalue weighted by Crippen LogP contribution is -2.15. The van der Waals surface area contributed by atoms with Crippen LogP contribution in [0.25, 0.3) is 0 Å². The lowest BCUT2D eigenvalue weighted by Gasteiger charge is -2.05. The van der Waals surface area contributed by atoms with Crippen LogP contribution in [0.1, 0.15) is 13.3 Å². The number of hydrogen-bond acceptors (Lipinski definition) is 3. The van der Waals surface area contributed by atoms with Crippen LogP contribution in [0.4, 0.5) is 0 Å². The largest absolute Gasteiger partial charge is 0.474 e. The summed E-state index contributed by atoms with van der Waals surface area (Å²) >= 11 is 0. The Kier molecular flexibility index (Phi) is 1.95. The van der Waals surface area contributed by atoms with E-state index < -0.39 is 0 Å². The van der Waals surface area contributed by atoms with Crippen molar-refractivity contribution in [3.63, 3.8) is 0 Å². The van der Waals surface area contributed by atoms with Crippen LogP contribution >= 0.6 is 0 Å². The Morgan fingerprint density at radius 2 is 2.67 bits per heavy atom. The smallest absolute Gasteiger partial charge is 0.166 e. The summed E-state index contributed by atoms with van der Waals surface area (Å²) in [5.41, 5.74) is 0. The second-order valence-corrected chi connectivity index (χ2v) is 2.01. The molecule has 1 aliphatic rings. The van der Waals surface area contributed by atoms with Gasteiger partial charge in [0.15, 0.2) is 6.23 Å². The molecule has 1 heterocycles. The Morgan fingerprint density at radius 3 is 3.11 bits per heavy atom. The van der Waals surface area contributed by atoms with E-state index in [9.17, 15) is 0 Å². The molecular weight excluding hydrogens is 118 g/mol. The molecule has 1 unspecified atom stereocenters. The lowest BCUT2D eigenvalue weighted by atomic mass is 10.4. The van der Waals surface area contributed by atoms with Gasteiger partial charge in [-0.25, -0.2) is 0 Å². The van der Waals surface area contributed by atoms with E-state index in [1.165, 1.54) is 0 Å². The SMILES string of the molecule is CC1NC=C(CCO)O1. The highest BCUT2D eigenvalue weighted by Gasteiger charge is 2.09. The van der Waals surface area contributed by atoms with Crippen LogP contribution < -0.4 is 5.32 Å². The first-order valence-electron chi connectivity index (χ1n) is 3.05. The van der Waals surface area contributed by atoms with Crippen LogP contribution in [0.15, 0.2) is 12.0 Å². The van der Waals surface area contributed by atoms with E-state index in [0.29, 0.717) is 6.42 Å². The number of rotatable bonds is 2. The van der Waals surface area contributed by atoms with Gasteiger partial charge < -0.3 is 15.2 Å². The van der Waals surface area contributed by atoms with Gasteiger partial charge in [0.25, 0.3) is 0 Å². The molecule has 0 aromatic carbocycles. The number of aliphatic hydroxyl groups is 1. The molecule has 0 fully saturated rings. The highest BCUT2D eigenvalue weighted by molar-refractivity contribution is 4.97. The van der Waals surface area contributed by atoms with Crippen molar-refractivity contribution in [3.05, 3.63) is 12.0 Å². The molecule has 1 rings (SSSR count).